The normalized spacial score (nSPS) is 14.0. The number of nitrogens with zero attached hydrogens (tertiary/aromatic N) is 4. The second-order valence-electron chi connectivity index (χ2n) is 10.1. The molecular weight excluding hydrogens is 712 g/mol. The SMILES string of the molecule is CCOc1ccc([C@@H]2C(C(=O)OC)=CN=c3s/c(=C/c4cc(Br)c(OCc5ccc([N+](=O)[O-])cc5)c([N+](=O)[O-])c4)c(=O)n32)cc1OCC. The molecule has 0 spiro atoms. The monoisotopic (exact) mass is 738 g/mol. The van der Waals surface area contributed by atoms with Crippen LogP contribution in [-0.2, 0) is 16.1 Å². The number of non-ortho nitro benzene ring substituents is 1. The predicted octanol–water partition coefficient (Wildman–Crippen LogP) is 4.97. The van der Waals surface area contributed by atoms with E-state index >= 15 is 0 Å². The third-order valence-electron chi connectivity index (χ3n) is 7.08. The molecule has 1 aromatic heterocycles. The van der Waals surface area contributed by atoms with Crippen LogP contribution in [-0.4, -0.2) is 40.7 Å². The number of rotatable bonds is 12. The molecule has 0 saturated carbocycles. The number of carbonyl (C=O) groups excluding carboxylic acids is 1. The van der Waals surface area contributed by atoms with Crippen molar-refractivity contribution in [3.05, 3.63) is 127 Å². The van der Waals surface area contributed by atoms with Crippen molar-refractivity contribution in [1.82, 2.24) is 4.57 Å². The number of ether oxygens (including phenoxy) is 4. The Bertz CT molecular complexity index is 2130. The summed E-state index contributed by atoms with van der Waals surface area (Å²) < 4.78 is 24.1. The lowest BCUT2D eigenvalue weighted by molar-refractivity contribution is -0.386. The van der Waals surface area contributed by atoms with E-state index in [0.717, 1.165) is 11.3 Å². The van der Waals surface area contributed by atoms with Crippen LogP contribution in [0, 0.1) is 20.2 Å². The van der Waals surface area contributed by atoms with Crippen molar-refractivity contribution < 1.29 is 33.6 Å². The van der Waals surface area contributed by atoms with Crippen LogP contribution >= 0.6 is 27.3 Å². The summed E-state index contributed by atoms with van der Waals surface area (Å²) in [5, 5.41) is 23.0. The third-order valence-corrected chi connectivity index (χ3v) is 8.67. The minimum Gasteiger partial charge on any atom is -0.490 e. The lowest BCUT2D eigenvalue weighted by atomic mass is 9.97. The van der Waals surface area contributed by atoms with Crippen molar-refractivity contribution >= 4 is 50.7 Å². The summed E-state index contributed by atoms with van der Waals surface area (Å²) in [6.07, 6.45) is 2.85. The summed E-state index contributed by atoms with van der Waals surface area (Å²) in [4.78, 5) is 53.4. The number of hydrogen-bond donors (Lipinski definition) is 0. The van der Waals surface area contributed by atoms with Gasteiger partial charge in [0.15, 0.2) is 16.3 Å². The van der Waals surface area contributed by atoms with Gasteiger partial charge in [-0.3, -0.25) is 29.6 Å². The summed E-state index contributed by atoms with van der Waals surface area (Å²) in [5.41, 5.74) is 0.614. The van der Waals surface area contributed by atoms with Crippen LogP contribution in [0.1, 0.15) is 36.6 Å². The van der Waals surface area contributed by atoms with Gasteiger partial charge in [-0.25, -0.2) is 9.79 Å². The highest BCUT2D eigenvalue weighted by Gasteiger charge is 2.31. The Kier molecular flexibility index (Phi) is 10.3. The van der Waals surface area contributed by atoms with Gasteiger partial charge in [0.1, 0.15) is 6.61 Å². The smallest absolute Gasteiger partial charge is 0.337 e. The van der Waals surface area contributed by atoms with Gasteiger partial charge in [-0.05, 0) is 82.9 Å². The van der Waals surface area contributed by atoms with E-state index in [4.69, 9.17) is 18.9 Å². The summed E-state index contributed by atoms with van der Waals surface area (Å²) in [6, 6.07) is 12.7. The maximum Gasteiger partial charge on any atom is 0.337 e. The molecule has 48 heavy (non-hydrogen) atoms. The maximum atomic E-state index is 14.0. The van der Waals surface area contributed by atoms with E-state index in [2.05, 4.69) is 20.9 Å². The van der Waals surface area contributed by atoms with Crippen molar-refractivity contribution in [1.29, 1.82) is 0 Å². The number of esters is 1. The van der Waals surface area contributed by atoms with E-state index in [1.165, 1.54) is 54.3 Å². The van der Waals surface area contributed by atoms with Crippen molar-refractivity contribution in [2.24, 2.45) is 4.99 Å². The minimum absolute atomic E-state index is 0.0553. The van der Waals surface area contributed by atoms with E-state index < -0.39 is 27.4 Å². The van der Waals surface area contributed by atoms with Crippen LogP contribution < -0.4 is 29.1 Å². The Morgan fingerprint density at radius 1 is 1.00 bits per heavy atom. The Morgan fingerprint density at radius 2 is 1.71 bits per heavy atom. The van der Waals surface area contributed by atoms with Crippen LogP contribution in [0.4, 0.5) is 11.4 Å². The first-order valence-corrected chi connectivity index (χ1v) is 16.0. The highest BCUT2D eigenvalue weighted by molar-refractivity contribution is 9.10. The van der Waals surface area contributed by atoms with Crippen LogP contribution in [0.3, 0.4) is 0 Å². The van der Waals surface area contributed by atoms with Crippen molar-refractivity contribution in [3.8, 4) is 17.2 Å². The van der Waals surface area contributed by atoms with Crippen molar-refractivity contribution in [2.75, 3.05) is 20.3 Å². The first-order chi connectivity index (χ1) is 23.1. The van der Waals surface area contributed by atoms with Gasteiger partial charge < -0.3 is 18.9 Å². The zero-order valence-electron chi connectivity index (χ0n) is 25.7. The molecule has 0 saturated heterocycles. The zero-order valence-corrected chi connectivity index (χ0v) is 28.1. The van der Waals surface area contributed by atoms with E-state index in [-0.39, 0.29) is 38.3 Å². The van der Waals surface area contributed by atoms with Gasteiger partial charge in [-0.15, -0.1) is 0 Å². The molecule has 16 heteroatoms. The average molecular weight is 740 g/mol. The maximum absolute atomic E-state index is 14.0. The molecule has 1 atom stereocenters. The van der Waals surface area contributed by atoms with Gasteiger partial charge in [-0.1, -0.05) is 17.4 Å². The molecule has 0 radical (unpaired) electrons. The largest absolute Gasteiger partial charge is 0.490 e. The highest BCUT2D eigenvalue weighted by Crippen LogP contribution is 2.38. The van der Waals surface area contributed by atoms with Gasteiger partial charge in [0.25, 0.3) is 11.2 Å². The number of benzene rings is 3. The predicted molar refractivity (Wildman–Crippen MR) is 178 cm³/mol. The molecule has 0 bridgehead atoms. The summed E-state index contributed by atoms with van der Waals surface area (Å²) in [5.74, 6) is 0.216. The number of halogens is 1. The second kappa shape index (κ2) is 14.6. The van der Waals surface area contributed by atoms with E-state index in [1.807, 2.05) is 13.8 Å². The molecule has 1 aliphatic heterocycles. The molecule has 14 nitrogen and oxygen atoms in total. The van der Waals surface area contributed by atoms with Crippen molar-refractivity contribution in [3.63, 3.8) is 0 Å². The summed E-state index contributed by atoms with van der Waals surface area (Å²) in [7, 11) is 1.24. The van der Waals surface area contributed by atoms with Gasteiger partial charge in [0.05, 0.1) is 50.8 Å². The van der Waals surface area contributed by atoms with E-state index in [1.54, 1.807) is 24.3 Å². The first kappa shape index (κ1) is 34.0. The fraction of sp³-hybridized carbons (Fsp3) is 0.219. The number of hydrogen-bond acceptors (Lipinski definition) is 12. The molecule has 1 aliphatic rings. The number of aromatic nitrogens is 1. The molecule has 0 aliphatic carbocycles. The molecule has 3 aromatic carbocycles. The number of nitro benzene ring substituents is 2. The number of thiazole rings is 1. The van der Waals surface area contributed by atoms with Crippen LogP contribution in [0.25, 0.3) is 6.08 Å². The first-order valence-electron chi connectivity index (χ1n) is 14.4. The number of methoxy groups -OCH3 is 1. The second-order valence-corrected chi connectivity index (χ2v) is 11.9. The molecule has 5 rings (SSSR count). The van der Waals surface area contributed by atoms with E-state index in [0.29, 0.717) is 46.2 Å². The van der Waals surface area contributed by atoms with Gasteiger partial charge in [0, 0.05) is 24.4 Å². The molecule has 2 heterocycles. The average Bonchev–Trinajstić information content (AvgIpc) is 3.38. The molecule has 4 aromatic rings. The topological polar surface area (TPSA) is 175 Å². The molecule has 0 amide bonds. The molecule has 248 valence electrons. The number of carbonyl (C=O) groups is 1. The number of nitro groups is 2. The summed E-state index contributed by atoms with van der Waals surface area (Å²) >= 11 is 4.40. The molecule has 0 N–H and O–H groups in total. The Hall–Kier alpha value is -5.35. The quantitative estimate of drug-likeness (QED) is 0.110. The molecule has 0 fully saturated rings. The standard InChI is InChI=1S/C32H27BrN4O10S/c1-4-45-25-11-8-20(15-26(25)46-5-2)28-22(31(39)44-3)16-34-32-35(28)30(38)27(48-32)14-19-12-23(33)29(24(13-19)37(42)43)47-17-18-6-9-21(10-7-18)36(40)41/h6-16,28H,4-5,17H2,1-3H3/b27-14+/t28-/m1/s1. The third kappa shape index (κ3) is 6.99. The summed E-state index contributed by atoms with van der Waals surface area (Å²) in [6.45, 7) is 4.34. The van der Waals surface area contributed by atoms with E-state index in [9.17, 15) is 29.8 Å². The zero-order chi connectivity index (χ0) is 34.5. The van der Waals surface area contributed by atoms with Crippen LogP contribution in [0.2, 0.25) is 0 Å². The lowest BCUT2D eigenvalue weighted by Gasteiger charge is -2.23. The number of fused-ring (bicyclic) bond motifs is 1. The Morgan fingerprint density at radius 3 is 2.35 bits per heavy atom. The lowest BCUT2D eigenvalue weighted by Crippen LogP contribution is -2.39. The van der Waals surface area contributed by atoms with Crippen LogP contribution in [0.15, 0.2) is 80.6 Å². The fourth-order valence-electron chi connectivity index (χ4n) is 4.97. The van der Waals surface area contributed by atoms with Gasteiger partial charge >= 0.3 is 11.7 Å². The van der Waals surface area contributed by atoms with Crippen LogP contribution in [0.5, 0.6) is 17.2 Å². The molecule has 0 unspecified atom stereocenters. The Balaban J connectivity index is 1.55. The highest BCUT2D eigenvalue weighted by atomic mass is 79.9. The fourth-order valence-corrected chi connectivity index (χ4v) is 6.52. The van der Waals surface area contributed by atoms with Crippen molar-refractivity contribution in [2.45, 2.75) is 26.5 Å². The minimum atomic E-state index is -0.915. The Labute approximate surface area is 284 Å². The van der Waals surface area contributed by atoms with Gasteiger partial charge in [-0.2, -0.15) is 0 Å². The molecular formula is C32H27BrN4O10S. The van der Waals surface area contributed by atoms with Gasteiger partial charge in [0.2, 0.25) is 5.75 Å².